The molecule has 0 spiro atoms. The lowest BCUT2D eigenvalue weighted by atomic mass is 9.98. The molecular formula is C11H17ClN4O2. The first-order valence-corrected chi connectivity index (χ1v) is 5.81. The molecule has 0 saturated carbocycles. The van der Waals surface area contributed by atoms with Gasteiger partial charge in [0.25, 0.3) is 5.69 Å². The van der Waals surface area contributed by atoms with Crippen molar-refractivity contribution in [2.24, 2.45) is 5.92 Å². The summed E-state index contributed by atoms with van der Waals surface area (Å²) in [5, 5.41) is 17.0. The minimum Gasteiger partial charge on any atom is -0.370 e. The fourth-order valence-electron chi connectivity index (χ4n) is 1.93. The Hall–Kier alpha value is -1.40. The van der Waals surface area contributed by atoms with E-state index in [1.807, 2.05) is 0 Å². The number of nitro groups is 1. The number of halogens is 1. The molecule has 100 valence electrons. The topological polar surface area (TPSA) is 80.1 Å². The zero-order chi connectivity index (χ0) is 12.1. The van der Waals surface area contributed by atoms with E-state index in [-0.39, 0.29) is 18.1 Å². The Labute approximate surface area is 112 Å². The Bertz CT molecular complexity index is 379. The average Bonchev–Trinajstić information content (AvgIpc) is 2.38. The second-order valence-electron chi connectivity index (χ2n) is 4.23. The van der Waals surface area contributed by atoms with Gasteiger partial charge in [0, 0.05) is 12.6 Å². The minimum absolute atomic E-state index is 0. The quantitative estimate of drug-likeness (QED) is 0.646. The SMILES string of the molecule is Cl.O=[N+]([O-])c1ccc(NCC2CCNCC2)nc1. The molecule has 0 aliphatic carbocycles. The fourth-order valence-corrected chi connectivity index (χ4v) is 1.93. The Morgan fingerprint density at radius 3 is 2.72 bits per heavy atom. The minimum atomic E-state index is -0.441. The van der Waals surface area contributed by atoms with Crippen molar-refractivity contribution in [2.75, 3.05) is 25.0 Å². The first-order valence-electron chi connectivity index (χ1n) is 5.81. The predicted octanol–water partition coefficient (Wildman–Crippen LogP) is 1.82. The van der Waals surface area contributed by atoms with Crippen LogP contribution < -0.4 is 10.6 Å². The van der Waals surface area contributed by atoms with E-state index in [1.54, 1.807) is 6.07 Å². The average molecular weight is 273 g/mol. The molecule has 0 atom stereocenters. The van der Waals surface area contributed by atoms with Gasteiger partial charge >= 0.3 is 0 Å². The summed E-state index contributed by atoms with van der Waals surface area (Å²) in [7, 11) is 0. The van der Waals surface area contributed by atoms with Crippen molar-refractivity contribution >= 4 is 23.9 Å². The summed E-state index contributed by atoms with van der Waals surface area (Å²) in [6.45, 7) is 3.02. The molecular weight excluding hydrogens is 256 g/mol. The smallest absolute Gasteiger partial charge is 0.287 e. The third kappa shape index (κ3) is 4.12. The van der Waals surface area contributed by atoms with Crippen LogP contribution >= 0.6 is 12.4 Å². The first kappa shape index (κ1) is 14.7. The highest BCUT2D eigenvalue weighted by molar-refractivity contribution is 5.85. The molecule has 0 aromatic carbocycles. The second kappa shape index (κ2) is 7.13. The third-order valence-corrected chi connectivity index (χ3v) is 2.99. The highest BCUT2D eigenvalue weighted by atomic mass is 35.5. The molecule has 1 aliphatic heterocycles. The van der Waals surface area contributed by atoms with Gasteiger partial charge in [-0.05, 0) is 37.9 Å². The molecule has 18 heavy (non-hydrogen) atoms. The van der Waals surface area contributed by atoms with Gasteiger partial charge in [0.05, 0.1) is 4.92 Å². The van der Waals surface area contributed by atoms with E-state index in [2.05, 4.69) is 15.6 Å². The lowest BCUT2D eigenvalue weighted by molar-refractivity contribution is -0.385. The van der Waals surface area contributed by atoms with E-state index in [4.69, 9.17) is 0 Å². The van der Waals surface area contributed by atoms with Gasteiger partial charge in [-0.15, -0.1) is 12.4 Å². The molecule has 1 aromatic heterocycles. The number of rotatable bonds is 4. The molecule has 1 aliphatic rings. The maximum Gasteiger partial charge on any atom is 0.287 e. The highest BCUT2D eigenvalue weighted by Crippen LogP contribution is 2.15. The molecule has 0 bridgehead atoms. The van der Waals surface area contributed by atoms with Crippen LogP contribution in [0.15, 0.2) is 18.3 Å². The summed E-state index contributed by atoms with van der Waals surface area (Å²) in [4.78, 5) is 14.0. The van der Waals surface area contributed by atoms with Gasteiger partial charge in [-0.25, -0.2) is 4.98 Å². The molecule has 7 heteroatoms. The summed E-state index contributed by atoms with van der Waals surface area (Å²) in [5.74, 6) is 1.36. The van der Waals surface area contributed by atoms with Crippen LogP contribution in [-0.4, -0.2) is 29.5 Å². The van der Waals surface area contributed by atoms with Gasteiger partial charge < -0.3 is 10.6 Å². The number of aromatic nitrogens is 1. The standard InChI is InChI=1S/C11H16N4O2.ClH/c16-15(17)10-1-2-11(14-8-10)13-7-9-3-5-12-6-4-9;/h1-2,8-9,12H,3-7H2,(H,13,14);1H. The zero-order valence-electron chi connectivity index (χ0n) is 9.96. The largest absolute Gasteiger partial charge is 0.370 e. The molecule has 0 unspecified atom stereocenters. The number of piperidine rings is 1. The Balaban J connectivity index is 0.00000162. The second-order valence-corrected chi connectivity index (χ2v) is 4.23. The van der Waals surface area contributed by atoms with Gasteiger partial charge in [-0.1, -0.05) is 0 Å². The van der Waals surface area contributed by atoms with Crippen molar-refractivity contribution in [3.05, 3.63) is 28.4 Å². The lowest BCUT2D eigenvalue weighted by Crippen LogP contribution is -2.31. The number of pyridine rings is 1. The van der Waals surface area contributed by atoms with E-state index in [9.17, 15) is 10.1 Å². The molecule has 6 nitrogen and oxygen atoms in total. The number of nitrogens with zero attached hydrogens (tertiary/aromatic N) is 2. The van der Waals surface area contributed by atoms with Gasteiger partial charge in [0.2, 0.25) is 0 Å². The van der Waals surface area contributed by atoms with Crippen molar-refractivity contribution in [1.82, 2.24) is 10.3 Å². The fraction of sp³-hybridized carbons (Fsp3) is 0.545. The van der Waals surface area contributed by atoms with Crippen LogP contribution in [0.2, 0.25) is 0 Å². The Kier molecular flexibility index (Phi) is 5.80. The van der Waals surface area contributed by atoms with E-state index < -0.39 is 4.92 Å². The van der Waals surface area contributed by atoms with E-state index >= 15 is 0 Å². The molecule has 2 rings (SSSR count). The van der Waals surface area contributed by atoms with Crippen molar-refractivity contribution in [3.63, 3.8) is 0 Å². The summed E-state index contributed by atoms with van der Waals surface area (Å²) >= 11 is 0. The lowest BCUT2D eigenvalue weighted by Gasteiger charge is -2.22. The number of anilines is 1. The molecule has 2 heterocycles. The number of hydrogen-bond donors (Lipinski definition) is 2. The van der Waals surface area contributed by atoms with Gasteiger partial charge in [-0.3, -0.25) is 10.1 Å². The van der Waals surface area contributed by atoms with E-state index in [0.29, 0.717) is 11.7 Å². The maximum absolute atomic E-state index is 10.5. The summed E-state index contributed by atoms with van der Waals surface area (Å²) in [5.41, 5.74) is 0.0254. The molecule has 0 radical (unpaired) electrons. The normalized spacial score (nSPS) is 15.8. The zero-order valence-corrected chi connectivity index (χ0v) is 10.8. The van der Waals surface area contributed by atoms with Crippen LogP contribution in [0.1, 0.15) is 12.8 Å². The van der Waals surface area contributed by atoms with E-state index in [0.717, 1.165) is 19.6 Å². The van der Waals surface area contributed by atoms with Crippen molar-refractivity contribution < 1.29 is 4.92 Å². The van der Waals surface area contributed by atoms with Crippen LogP contribution in [0.25, 0.3) is 0 Å². The predicted molar refractivity (Wildman–Crippen MR) is 72.2 cm³/mol. The highest BCUT2D eigenvalue weighted by Gasteiger charge is 2.12. The maximum atomic E-state index is 10.5. The van der Waals surface area contributed by atoms with Crippen LogP contribution in [0.4, 0.5) is 11.5 Å². The van der Waals surface area contributed by atoms with Gasteiger partial charge in [0.1, 0.15) is 12.0 Å². The van der Waals surface area contributed by atoms with Crippen LogP contribution in [0.5, 0.6) is 0 Å². The van der Waals surface area contributed by atoms with Crippen molar-refractivity contribution in [3.8, 4) is 0 Å². The van der Waals surface area contributed by atoms with Gasteiger partial charge in [0.15, 0.2) is 0 Å². The number of nitrogens with one attached hydrogen (secondary N) is 2. The molecule has 1 fully saturated rings. The molecule has 1 saturated heterocycles. The number of hydrogen-bond acceptors (Lipinski definition) is 5. The van der Waals surface area contributed by atoms with Crippen LogP contribution in [0, 0.1) is 16.0 Å². The van der Waals surface area contributed by atoms with Crippen molar-refractivity contribution in [2.45, 2.75) is 12.8 Å². The third-order valence-electron chi connectivity index (χ3n) is 2.99. The summed E-state index contributed by atoms with van der Waals surface area (Å²) in [6.07, 6.45) is 3.62. The van der Waals surface area contributed by atoms with Crippen LogP contribution in [-0.2, 0) is 0 Å². The summed E-state index contributed by atoms with van der Waals surface area (Å²) < 4.78 is 0. The first-order chi connectivity index (χ1) is 8.25. The van der Waals surface area contributed by atoms with Crippen molar-refractivity contribution in [1.29, 1.82) is 0 Å². The monoisotopic (exact) mass is 272 g/mol. The Morgan fingerprint density at radius 1 is 1.44 bits per heavy atom. The van der Waals surface area contributed by atoms with Crippen LogP contribution in [0.3, 0.4) is 0 Å². The van der Waals surface area contributed by atoms with E-state index in [1.165, 1.54) is 25.1 Å². The molecule has 2 N–H and O–H groups in total. The Morgan fingerprint density at radius 2 is 2.17 bits per heavy atom. The molecule has 0 amide bonds. The van der Waals surface area contributed by atoms with Gasteiger partial charge in [-0.2, -0.15) is 0 Å². The summed E-state index contributed by atoms with van der Waals surface area (Å²) in [6, 6.07) is 3.12. The molecule has 1 aromatic rings.